The molecular formula is C21H24ClN3O3. The fourth-order valence-corrected chi connectivity index (χ4v) is 3.30. The van der Waals surface area contributed by atoms with Crippen molar-refractivity contribution in [1.82, 2.24) is 9.97 Å². The van der Waals surface area contributed by atoms with Crippen LogP contribution in [0.5, 0.6) is 11.5 Å². The molecule has 1 heterocycles. The molecule has 0 aliphatic carbocycles. The van der Waals surface area contributed by atoms with Gasteiger partial charge in [0.25, 0.3) is 0 Å². The number of aromatic nitrogens is 2. The Morgan fingerprint density at radius 3 is 2.68 bits per heavy atom. The number of nitrogens with one attached hydrogen (secondary N) is 1. The number of rotatable bonds is 9. The van der Waals surface area contributed by atoms with Gasteiger partial charge in [0.2, 0.25) is 0 Å². The van der Waals surface area contributed by atoms with Gasteiger partial charge < -0.3 is 20.3 Å². The Bertz CT molecular complexity index is 950. The lowest BCUT2D eigenvalue weighted by molar-refractivity contribution is 0.282. The van der Waals surface area contributed by atoms with Gasteiger partial charge in [-0.2, -0.15) is 0 Å². The summed E-state index contributed by atoms with van der Waals surface area (Å²) in [6.45, 7) is 0.242. The predicted molar refractivity (Wildman–Crippen MR) is 112 cm³/mol. The second-order valence-electron chi connectivity index (χ2n) is 6.58. The van der Waals surface area contributed by atoms with Crippen LogP contribution < -0.4 is 10.1 Å². The molecule has 0 radical (unpaired) electrons. The highest BCUT2D eigenvalue weighted by atomic mass is 35.5. The number of nitrogens with zero attached hydrogens (tertiary/aromatic N) is 2. The summed E-state index contributed by atoms with van der Waals surface area (Å²) in [6, 6.07) is 9.04. The number of aliphatic hydroxyl groups excluding tert-OH is 1. The van der Waals surface area contributed by atoms with Crippen molar-refractivity contribution in [2.45, 2.75) is 32.1 Å². The summed E-state index contributed by atoms with van der Waals surface area (Å²) in [4.78, 5) is 8.61. The minimum Gasteiger partial charge on any atom is -0.504 e. The second-order valence-corrected chi connectivity index (χ2v) is 7.01. The number of halogens is 1. The van der Waals surface area contributed by atoms with E-state index in [1.807, 2.05) is 18.2 Å². The first-order valence-corrected chi connectivity index (χ1v) is 9.68. The molecule has 2 aromatic carbocycles. The monoisotopic (exact) mass is 401 g/mol. The van der Waals surface area contributed by atoms with Gasteiger partial charge in [0.15, 0.2) is 11.5 Å². The average Bonchev–Trinajstić information content (AvgIpc) is 2.69. The van der Waals surface area contributed by atoms with E-state index < -0.39 is 0 Å². The number of fused-ring (bicyclic) bond motifs is 1. The third-order valence-electron chi connectivity index (χ3n) is 4.62. The standard InChI is InChI=1S/C21H24ClN3O3/c1-28-20-12-18-16(11-19(20)27)21(24-13-23-18)25-17-10-15(22)8-7-14(17)6-4-2-3-5-9-26/h7-8,10-13,26-27H,2-6,9H2,1H3,(H,23,24,25). The zero-order valence-corrected chi connectivity index (χ0v) is 16.5. The number of methoxy groups -OCH3 is 1. The first-order chi connectivity index (χ1) is 13.6. The molecule has 3 N–H and O–H groups in total. The number of phenols is 1. The highest BCUT2D eigenvalue weighted by Gasteiger charge is 2.12. The molecule has 0 aliphatic rings. The molecule has 0 unspecified atom stereocenters. The van der Waals surface area contributed by atoms with Crippen LogP contribution in [-0.4, -0.2) is 33.9 Å². The normalized spacial score (nSPS) is 11.0. The van der Waals surface area contributed by atoms with E-state index in [-0.39, 0.29) is 12.4 Å². The molecule has 0 amide bonds. The summed E-state index contributed by atoms with van der Waals surface area (Å²) in [5, 5.41) is 23.7. The number of anilines is 2. The van der Waals surface area contributed by atoms with E-state index in [9.17, 15) is 5.11 Å². The molecule has 0 spiro atoms. The molecule has 0 aliphatic heterocycles. The number of phenolic OH excluding ortho intramolecular Hbond substituents is 1. The van der Waals surface area contributed by atoms with Gasteiger partial charge in [0.1, 0.15) is 12.1 Å². The lowest BCUT2D eigenvalue weighted by Crippen LogP contribution is -2.00. The van der Waals surface area contributed by atoms with Crippen LogP contribution in [0.15, 0.2) is 36.7 Å². The van der Waals surface area contributed by atoms with Crippen molar-refractivity contribution < 1.29 is 14.9 Å². The summed E-state index contributed by atoms with van der Waals surface area (Å²) < 4.78 is 5.15. The Morgan fingerprint density at radius 2 is 1.89 bits per heavy atom. The van der Waals surface area contributed by atoms with Crippen molar-refractivity contribution in [3.63, 3.8) is 0 Å². The number of aryl methyl sites for hydroxylation is 1. The minimum atomic E-state index is 0.0306. The molecule has 3 rings (SSSR count). The number of aliphatic hydroxyl groups is 1. The highest BCUT2D eigenvalue weighted by Crippen LogP contribution is 2.34. The summed E-state index contributed by atoms with van der Waals surface area (Å²) in [5.74, 6) is 0.985. The van der Waals surface area contributed by atoms with E-state index in [2.05, 4.69) is 15.3 Å². The zero-order chi connectivity index (χ0) is 19.9. The third-order valence-corrected chi connectivity index (χ3v) is 4.85. The van der Waals surface area contributed by atoms with Crippen molar-refractivity contribution in [3.05, 3.63) is 47.2 Å². The van der Waals surface area contributed by atoms with Crippen molar-refractivity contribution in [3.8, 4) is 11.5 Å². The van der Waals surface area contributed by atoms with Gasteiger partial charge in [0.05, 0.1) is 12.6 Å². The quantitative estimate of drug-likeness (QED) is 0.445. The number of unbranched alkanes of at least 4 members (excludes halogenated alkanes) is 3. The Balaban J connectivity index is 1.87. The van der Waals surface area contributed by atoms with E-state index in [1.165, 1.54) is 13.4 Å². The van der Waals surface area contributed by atoms with Gasteiger partial charge in [-0.25, -0.2) is 9.97 Å². The number of hydrogen-bond donors (Lipinski definition) is 3. The van der Waals surface area contributed by atoms with Crippen LogP contribution in [0.4, 0.5) is 11.5 Å². The van der Waals surface area contributed by atoms with Crippen molar-refractivity contribution >= 4 is 34.0 Å². The Hall–Kier alpha value is -2.57. The molecule has 0 fully saturated rings. The molecule has 0 bridgehead atoms. The third kappa shape index (κ3) is 4.82. The van der Waals surface area contributed by atoms with Gasteiger partial charge in [-0.05, 0) is 43.0 Å². The number of ether oxygens (including phenoxy) is 1. The van der Waals surface area contributed by atoms with Gasteiger partial charge in [-0.3, -0.25) is 0 Å². The molecule has 28 heavy (non-hydrogen) atoms. The molecular weight excluding hydrogens is 378 g/mol. The molecule has 0 saturated carbocycles. The average molecular weight is 402 g/mol. The minimum absolute atomic E-state index is 0.0306. The van der Waals surface area contributed by atoms with E-state index >= 15 is 0 Å². The summed E-state index contributed by atoms with van der Waals surface area (Å²) in [5.41, 5.74) is 2.68. The van der Waals surface area contributed by atoms with Gasteiger partial charge in [-0.15, -0.1) is 0 Å². The topological polar surface area (TPSA) is 87.5 Å². The van der Waals surface area contributed by atoms with E-state index in [4.69, 9.17) is 21.4 Å². The second kappa shape index (κ2) is 9.57. The van der Waals surface area contributed by atoms with Gasteiger partial charge >= 0.3 is 0 Å². The molecule has 0 saturated heterocycles. The number of benzene rings is 2. The molecule has 3 aromatic rings. The van der Waals surface area contributed by atoms with Gasteiger partial charge in [0, 0.05) is 28.8 Å². The van der Waals surface area contributed by atoms with Crippen molar-refractivity contribution in [1.29, 1.82) is 0 Å². The molecule has 148 valence electrons. The zero-order valence-electron chi connectivity index (χ0n) is 15.8. The van der Waals surface area contributed by atoms with Gasteiger partial charge in [-0.1, -0.05) is 30.5 Å². The first kappa shape index (κ1) is 20.2. The summed E-state index contributed by atoms with van der Waals surface area (Å²) in [7, 11) is 1.50. The Kier molecular flexibility index (Phi) is 6.90. The SMILES string of the molecule is COc1cc2ncnc(Nc3cc(Cl)ccc3CCCCCCO)c2cc1O. The fourth-order valence-electron chi connectivity index (χ4n) is 3.13. The Labute approximate surface area is 169 Å². The van der Waals surface area contributed by atoms with E-state index in [0.29, 0.717) is 27.5 Å². The largest absolute Gasteiger partial charge is 0.504 e. The van der Waals surface area contributed by atoms with Crippen molar-refractivity contribution in [2.75, 3.05) is 19.0 Å². The van der Waals surface area contributed by atoms with E-state index in [1.54, 1.807) is 12.1 Å². The molecule has 6 nitrogen and oxygen atoms in total. The number of aromatic hydroxyl groups is 1. The van der Waals surface area contributed by atoms with Crippen LogP contribution >= 0.6 is 11.6 Å². The van der Waals surface area contributed by atoms with Crippen LogP contribution in [-0.2, 0) is 6.42 Å². The lowest BCUT2D eigenvalue weighted by atomic mass is 10.0. The van der Waals surface area contributed by atoms with Crippen LogP contribution in [0, 0.1) is 0 Å². The van der Waals surface area contributed by atoms with Crippen LogP contribution in [0.1, 0.15) is 31.2 Å². The molecule has 0 atom stereocenters. The maximum absolute atomic E-state index is 10.1. The predicted octanol–water partition coefficient (Wildman–Crippen LogP) is 4.84. The van der Waals surface area contributed by atoms with E-state index in [0.717, 1.165) is 43.4 Å². The van der Waals surface area contributed by atoms with Crippen molar-refractivity contribution in [2.24, 2.45) is 0 Å². The van der Waals surface area contributed by atoms with Crippen LogP contribution in [0.3, 0.4) is 0 Å². The highest BCUT2D eigenvalue weighted by molar-refractivity contribution is 6.30. The fraction of sp³-hybridized carbons (Fsp3) is 0.333. The maximum atomic E-state index is 10.1. The molecule has 1 aromatic heterocycles. The summed E-state index contributed by atoms with van der Waals surface area (Å²) in [6.07, 6.45) is 6.31. The number of hydrogen-bond acceptors (Lipinski definition) is 6. The van der Waals surface area contributed by atoms with Crippen LogP contribution in [0.25, 0.3) is 10.9 Å². The lowest BCUT2D eigenvalue weighted by Gasteiger charge is -2.14. The van der Waals surface area contributed by atoms with Crippen LogP contribution in [0.2, 0.25) is 5.02 Å². The Morgan fingerprint density at radius 1 is 1.07 bits per heavy atom. The summed E-state index contributed by atoms with van der Waals surface area (Å²) >= 11 is 6.21. The smallest absolute Gasteiger partial charge is 0.162 e. The molecule has 7 heteroatoms. The first-order valence-electron chi connectivity index (χ1n) is 9.30. The maximum Gasteiger partial charge on any atom is 0.162 e.